The largest absolute Gasteiger partial charge is 0.508 e. The highest BCUT2D eigenvalue weighted by Crippen LogP contribution is 2.38. The fraction of sp³-hybridized carbons (Fsp3) is 0.368. The van der Waals surface area contributed by atoms with Crippen molar-refractivity contribution in [3.63, 3.8) is 0 Å². The number of phenols is 1. The van der Waals surface area contributed by atoms with Crippen LogP contribution >= 0.6 is 0 Å². The minimum Gasteiger partial charge on any atom is -0.508 e. The molecule has 0 bridgehead atoms. The molecule has 2 aromatic carbocycles. The van der Waals surface area contributed by atoms with Gasteiger partial charge in [-0.3, -0.25) is 0 Å². The average Bonchev–Trinajstić information content (AvgIpc) is 2.54. The van der Waals surface area contributed by atoms with Gasteiger partial charge in [0.15, 0.2) is 0 Å². The second kappa shape index (κ2) is 7.16. The predicted molar refractivity (Wildman–Crippen MR) is 87.2 cm³/mol. The summed E-state index contributed by atoms with van der Waals surface area (Å²) in [6.07, 6.45) is 2.17. The van der Waals surface area contributed by atoms with Crippen LogP contribution in [0, 0.1) is 0 Å². The molecule has 0 spiro atoms. The van der Waals surface area contributed by atoms with Crippen molar-refractivity contribution >= 4 is 0 Å². The van der Waals surface area contributed by atoms with Gasteiger partial charge in [0.2, 0.25) is 0 Å². The molecule has 0 heterocycles. The third-order valence-electron chi connectivity index (χ3n) is 4.23. The average molecular weight is 284 g/mol. The normalized spacial score (nSPS) is 13.7. The molecule has 0 aliphatic rings. The number of phenolic OH excluding ortho intramolecular Hbond substituents is 1. The minimum atomic E-state index is 0.325. The SMILES string of the molecule is CC[C@H](c1ccc(OC)cc1)[C@@H](CC)c1ccc(O)cc1. The monoisotopic (exact) mass is 284 g/mol. The Morgan fingerprint density at radius 2 is 1.24 bits per heavy atom. The number of hydrogen-bond donors (Lipinski definition) is 1. The molecule has 0 amide bonds. The Hall–Kier alpha value is -1.96. The molecule has 2 heteroatoms. The van der Waals surface area contributed by atoms with Gasteiger partial charge in [-0.25, -0.2) is 0 Å². The van der Waals surface area contributed by atoms with Crippen molar-refractivity contribution in [2.45, 2.75) is 38.5 Å². The Kier molecular flexibility index (Phi) is 5.26. The third-order valence-corrected chi connectivity index (χ3v) is 4.23. The highest BCUT2D eigenvalue weighted by molar-refractivity contribution is 5.34. The summed E-state index contributed by atoms with van der Waals surface area (Å²) < 4.78 is 5.24. The van der Waals surface area contributed by atoms with Crippen molar-refractivity contribution in [1.82, 2.24) is 0 Å². The zero-order valence-corrected chi connectivity index (χ0v) is 13.0. The van der Waals surface area contributed by atoms with Gasteiger partial charge in [0.25, 0.3) is 0 Å². The van der Waals surface area contributed by atoms with Crippen LogP contribution in [0.15, 0.2) is 48.5 Å². The van der Waals surface area contributed by atoms with Crippen molar-refractivity contribution in [2.24, 2.45) is 0 Å². The predicted octanol–water partition coefficient (Wildman–Crippen LogP) is 5.09. The van der Waals surface area contributed by atoms with Crippen LogP contribution in [0.3, 0.4) is 0 Å². The van der Waals surface area contributed by atoms with Gasteiger partial charge in [-0.05, 0) is 60.1 Å². The number of benzene rings is 2. The Labute approximate surface area is 127 Å². The van der Waals surface area contributed by atoms with Gasteiger partial charge in [0.1, 0.15) is 11.5 Å². The van der Waals surface area contributed by atoms with Crippen molar-refractivity contribution < 1.29 is 9.84 Å². The fourth-order valence-corrected chi connectivity index (χ4v) is 3.08. The molecule has 0 aromatic heterocycles. The molecule has 0 fully saturated rings. The van der Waals surface area contributed by atoms with E-state index in [1.165, 1.54) is 11.1 Å². The summed E-state index contributed by atoms with van der Waals surface area (Å²) in [6.45, 7) is 4.46. The van der Waals surface area contributed by atoms with Gasteiger partial charge in [-0.15, -0.1) is 0 Å². The number of methoxy groups -OCH3 is 1. The van der Waals surface area contributed by atoms with Crippen LogP contribution < -0.4 is 4.74 Å². The molecule has 0 aliphatic heterocycles. The first-order valence-electron chi connectivity index (χ1n) is 7.62. The van der Waals surface area contributed by atoms with Crippen molar-refractivity contribution in [2.75, 3.05) is 7.11 Å². The second-order valence-corrected chi connectivity index (χ2v) is 5.39. The summed E-state index contributed by atoms with van der Waals surface area (Å²) >= 11 is 0. The summed E-state index contributed by atoms with van der Waals surface area (Å²) in [7, 11) is 1.69. The molecule has 0 unspecified atom stereocenters. The molecule has 0 radical (unpaired) electrons. The van der Waals surface area contributed by atoms with Crippen LogP contribution in [0.25, 0.3) is 0 Å². The molecule has 21 heavy (non-hydrogen) atoms. The van der Waals surface area contributed by atoms with Gasteiger partial charge < -0.3 is 9.84 Å². The van der Waals surface area contributed by atoms with Crippen molar-refractivity contribution in [3.8, 4) is 11.5 Å². The number of rotatable bonds is 6. The maximum absolute atomic E-state index is 9.47. The van der Waals surface area contributed by atoms with Crippen molar-refractivity contribution in [1.29, 1.82) is 0 Å². The van der Waals surface area contributed by atoms with Gasteiger partial charge in [0.05, 0.1) is 7.11 Å². The fourth-order valence-electron chi connectivity index (χ4n) is 3.08. The molecule has 112 valence electrons. The Bertz CT molecular complexity index is 543. The Morgan fingerprint density at radius 3 is 1.62 bits per heavy atom. The first kappa shape index (κ1) is 15.4. The van der Waals surface area contributed by atoms with Crippen molar-refractivity contribution in [3.05, 3.63) is 59.7 Å². The van der Waals surface area contributed by atoms with E-state index in [1.54, 1.807) is 19.2 Å². The summed E-state index contributed by atoms with van der Waals surface area (Å²) in [5.74, 6) is 2.16. The highest BCUT2D eigenvalue weighted by atomic mass is 16.5. The minimum absolute atomic E-state index is 0.325. The molecule has 2 rings (SSSR count). The van der Waals surface area contributed by atoms with Crippen LogP contribution in [0.1, 0.15) is 49.7 Å². The standard InChI is InChI=1S/C19H24O2/c1-4-18(14-6-10-16(20)11-7-14)19(5-2)15-8-12-17(21-3)13-9-15/h6-13,18-20H,4-5H2,1-3H3/t18-,19+/m0/s1. The van der Waals surface area contributed by atoms with E-state index in [2.05, 4.69) is 26.0 Å². The zero-order valence-electron chi connectivity index (χ0n) is 13.0. The molecular formula is C19H24O2. The van der Waals surface area contributed by atoms with Crippen LogP contribution in [-0.4, -0.2) is 12.2 Å². The maximum atomic E-state index is 9.47. The topological polar surface area (TPSA) is 29.5 Å². The van der Waals surface area contributed by atoms with E-state index >= 15 is 0 Å². The second-order valence-electron chi connectivity index (χ2n) is 5.39. The summed E-state index contributed by atoms with van der Waals surface area (Å²) in [5.41, 5.74) is 2.64. The lowest BCUT2D eigenvalue weighted by molar-refractivity contribution is 0.414. The van der Waals surface area contributed by atoms with E-state index in [-0.39, 0.29) is 0 Å². The van der Waals surface area contributed by atoms with Gasteiger partial charge in [-0.2, -0.15) is 0 Å². The Balaban J connectivity index is 2.29. The number of hydrogen-bond acceptors (Lipinski definition) is 2. The summed E-state index contributed by atoms with van der Waals surface area (Å²) in [6, 6.07) is 16.0. The molecule has 0 saturated carbocycles. The quantitative estimate of drug-likeness (QED) is 0.800. The highest BCUT2D eigenvalue weighted by Gasteiger charge is 2.22. The molecule has 0 aliphatic carbocycles. The molecule has 1 N–H and O–H groups in total. The van der Waals surface area contributed by atoms with Gasteiger partial charge in [-0.1, -0.05) is 38.1 Å². The number of ether oxygens (including phenoxy) is 1. The molecule has 2 nitrogen and oxygen atoms in total. The van der Waals surface area contributed by atoms with Crippen LogP contribution in [0.4, 0.5) is 0 Å². The Morgan fingerprint density at radius 1 is 0.810 bits per heavy atom. The van der Waals surface area contributed by atoms with E-state index in [9.17, 15) is 5.11 Å². The van der Waals surface area contributed by atoms with E-state index in [1.807, 2.05) is 24.3 Å². The van der Waals surface area contributed by atoms with E-state index in [0.717, 1.165) is 18.6 Å². The lowest BCUT2D eigenvalue weighted by Gasteiger charge is -2.26. The maximum Gasteiger partial charge on any atom is 0.118 e. The van der Waals surface area contributed by atoms with E-state index in [0.29, 0.717) is 17.6 Å². The van der Waals surface area contributed by atoms with Crippen LogP contribution in [0.5, 0.6) is 11.5 Å². The lowest BCUT2D eigenvalue weighted by atomic mass is 9.78. The molecule has 2 atom stereocenters. The smallest absolute Gasteiger partial charge is 0.118 e. The third kappa shape index (κ3) is 3.57. The first-order valence-corrected chi connectivity index (χ1v) is 7.62. The molecule has 0 saturated heterocycles. The lowest BCUT2D eigenvalue weighted by Crippen LogP contribution is -2.10. The zero-order chi connectivity index (χ0) is 15.2. The first-order chi connectivity index (χ1) is 10.2. The summed E-state index contributed by atoms with van der Waals surface area (Å²) in [5, 5.41) is 9.47. The molecular weight excluding hydrogens is 260 g/mol. The number of aromatic hydroxyl groups is 1. The van der Waals surface area contributed by atoms with Gasteiger partial charge >= 0.3 is 0 Å². The van der Waals surface area contributed by atoms with E-state index in [4.69, 9.17) is 4.74 Å². The van der Waals surface area contributed by atoms with Crippen LogP contribution in [0.2, 0.25) is 0 Å². The molecule has 2 aromatic rings. The summed E-state index contributed by atoms with van der Waals surface area (Å²) in [4.78, 5) is 0. The van der Waals surface area contributed by atoms with Gasteiger partial charge in [0, 0.05) is 0 Å². The van der Waals surface area contributed by atoms with Crippen LogP contribution in [-0.2, 0) is 0 Å². The van der Waals surface area contributed by atoms with E-state index < -0.39 is 0 Å².